The number of alkyl carbamates (subject to hydrolysis) is 1. The molecule has 5 rings (SSSR count). The first-order valence-electron chi connectivity index (χ1n) is 16.1. The quantitative estimate of drug-likeness (QED) is 0.317. The van der Waals surface area contributed by atoms with Crippen molar-refractivity contribution in [3.63, 3.8) is 0 Å². The summed E-state index contributed by atoms with van der Waals surface area (Å²) >= 11 is 0. The molecule has 48 heavy (non-hydrogen) atoms. The minimum Gasteiger partial charge on any atom is -0.444 e. The summed E-state index contributed by atoms with van der Waals surface area (Å²) in [4.78, 5) is 57.6. The van der Waals surface area contributed by atoms with Crippen LogP contribution in [-0.4, -0.2) is 87.1 Å². The minimum atomic E-state index is -3.88. The Morgan fingerprint density at radius 3 is 2.31 bits per heavy atom. The highest BCUT2D eigenvalue weighted by atomic mass is 32.2. The third-order valence-corrected chi connectivity index (χ3v) is 10.6. The van der Waals surface area contributed by atoms with Gasteiger partial charge in [-0.15, -0.1) is 6.58 Å². The zero-order valence-electron chi connectivity index (χ0n) is 28.2. The Hall–Kier alpha value is -4.27. The number of amides is 4. The average molecular weight is 684 g/mol. The number of nitrogens with zero attached hydrogens (tertiary/aromatic N) is 4. The molecule has 5 atom stereocenters. The molecule has 2 aliphatic carbocycles. The van der Waals surface area contributed by atoms with Crippen LogP contribution in [0, 0.1) is 11.3 Å². The molecule has 1 aromatic carbocycles. The summed E-state index contributed by atoms with van der Waals surface area (Å²) in [5.41, 5.74) is -1.68. The first-order valence-corrected chi connectivity index (χ1v) is 17.7. The second-order valence-corrected chi connectivity index (χ2v) is 16.9. The number of likely N-dealkylation sites (tertiary alicyclic amines) is 1. The maximum Gasteiger partial charge on any atom is 0.408 e. The maximum atomic E-state index is 14.4. The molecular formula is C33H45N7O7S. The summed E-state index contributed by atoms with van der Waals surface area (Å²) in [6, 6.07) is 6.72. The van der Waals surface area contributed by atoms with E-state index in [1.807, 2.05) is 30.3 Å². The van der Waals surface area contributed by atoms with Crippen molar-refractivity contribution in [1.82, 2.24) is 35.2 Å². The summed E-state index contributed by atoms with van der Waals surface area (Å²) in [6.07, 6.45) is 3.51. The molecule has 1 aromatic heterocycles. The molecule has 0 spiro atoms. The molecule has 0 radical (unpaired) electrons. The second kappa shape index (κ2) is 12.6. The highest BCUT2D eigenvalue weighted by Gasteiger charge is 2.62. The Labute approximate surface area is 281 Å². The second-order valence-electron chi connectivity index (χ2n) is 14.9. The van der Waals surface area contributed by atoms with Gasteiger partial charge in [-0.05, 0) is 45.4 Å². The Morgan fingerprint density at radius 1 is 1.08 bits per heavy atom. The molecule has 2 aromatic rings. The summed E-state index contributed by atoms with van der Waals surface area (Å²) in [6.45, 7) is 14.3. The van der Waals surface area contributed by atoms with Gasteiger partial charge in [-0.3, -0.25) is 19.1 Å². The van der Waals surface area contributed by atoms with E-state index in [0.717, 1.165) is 5.56 Å². The third kappa shape index (κ3) is 7.55. The maximum absolute atomic E-state index is 14.4. The standard InChI is InChI=1S/C33H45N7O7S/c1-8-21-17-33(21,29(43)38-48(45,46)23-14-15-23)36-27(41)25-16-22(40-34-18-24(37-40)20-12-10-9-11-13-20)19-39(25)28(42)26(31(2,3)4)35-30(44)47-32(5,6)7/h8-13,18,21-23,25-26H,1,14-17,19H2,2-7H3,(H,35,44)(H,36,41)(H,38,43)/t21?,22-,25+,26-,33?/m1/s1. The summed E-state index contributed by atoms with van der Waals surface area (Å²) in [7, 11) is -3.88. The van der Waals surface area contributed by atoms with E-state index in [2.05, 4.69) is 32.1 Å². The fraction of sp³-hybridized carbons (Fsp3) is 0.576. The Bertz CT molecular complexity index is 1690. The number of carbonyl (C=O) groups is 4. The van der Waals surface area contributed by atoms with Crippen LogP contribution in [-0.2, 0) is 29.1 Å². The van der Waals surface area contributed by atoms with Gasteiger partial charge in [-0.2, -0.15) is 15.0 Å². The molecule has 4 amide bonds. The largest absolute Gasteiger partial charge is 0.444 e. The van der Waals surface area contributed by atoms with Crippen molar-refractivity contribution in [2.75, 3.05) is 6.54 Å². The number of sulfonamides is 1. The first-order chi connectivity index (χ1) is 22.3. The molecule has 3 N–H and O–H groups in total. The first kappa shape index (κ1) is 35.0. The number of hydrogen-bond donors (Lipinski definition) is 3. The molecular weight excluding hydrogens is 638 g/mol. The monoisotopic (exact) mass is 683 g/mol. The molecule has 2 unspecified atom stereocenters. The number of hydrogen-bond acceptors (Lipinski definition) is 9. The van der Waals surface area contributed by atoms with Crippen LogP contribution in [0.5, 0.6) is 0 Å². The van der Waals surface area contributed by atoms with Gasteiger partial charge in [0.1, 0.15) is 28.9 Å². The van der Waals surface area contributed by atoms with Crippen LogP contribution in [0.1, 0.15) is 73.3 Å². The summed E-state index contributed by atoms with van der Waals surface area (Å²) in [5, 5.41) is 13.9. The Morgan fingerprint density at radius 2 is 1.75 bits per heavy atom. The highest BCUT2D eigenvalue weighted by Crippen LogP contribution is 2.45. The molecule has 1 saturated heterocycles. The summed E-state index contributed by atoms with van der Waals surface area (Å²) in [5.74, 6) is -2.51. The summed E-state index contributed by atoms with van der Waals surface area (Å²) < 4.78 is 32.8. The van der Waals surface area contributed by atoms with Crippen molar-refractivity contribution < 1.29 is 32.3 Å². The van der Waals surface area contributed by atoms with Crippen molar-refractivity contribution in [3.8, 4) is 11.3 Å². The predicted octanol–water partition coefficient (Wildman–Crippen LogP) is 2.70. The molecule has 260 valence electrons. The fourth-order valence-corrected chi connectivity index (χ4v) is 7.29. The van der Waals surface area contributed by atoms with Crippen molar-refractivity contribution in [2.45, 2.75) is 102 Å². The molecule has 14 nitrogen and oxygen atoms in total. The van der Waals surface area contributed by atoms with Crippen molar-refractivity contribution in [3.05, 3.63) is 49.2 Å². The van der Waals surface area contributed by atoms with E-state index in [1.54, 1.807) is 47.7 Å². The lowest BCUT2D eigenvalue weighted by molar-refractivity contribution is -0.143. The van der Waals surface area contributed by atoms with Gasteiger partial charge in [-0.1, -0.05) is 57.2 Å². The predicted molar refractivity (Wildman–Crippen MR) is 176 cm³/mol. The molecule has 2 heterocycles. The van der Waals surface area contributed by atoms with Crippen LogP contribution in [0.2, 0.25) is 0 Å². The van der Waals surface area contributed by atoms with Gasteiger partial charge in [0, 0.05) is 24.4 Å². The van der Waals surface area contributed by atoms with Gasteiger partial charge in [0.2, 0.25) is 21.8 Å². The topological polar surface area (TPSA) is 182 Å². The van der Waals surface area contributed by atoms with Gasteiger partial charge in [0.15, 0.2) is 0 Å². The lowest BCUT2D eigenvalue weighted by Crippen LogP contribution is -2.60. The fourth-order valence-electron chi connectivity index (χ4n) is 5.93. The smallest absolute Gasteiger partial charge is 0.408 e. The van der Waals surface area contributed by atoms with Crippen molar-refractivity contribution >= 4 is 33.8 Å². The Kier molecular flexibility index (Phi) is 9.23. The van der Waals surface area contributed by atoms with Crippen LogP contribution in [0.25, 0.3) is 11.3 Å². The number of benzene rings is 1. The third-order valence-electron chi connectivity index (χ3n) is 8.79. The van der Waals surface area contributed by atoms with Gasteiger partial charge >= 0.3 is 6.09 Å². The van der Waals surface area contributed by atoms with E-state index < -0.39 is 79.7 Å². The zero-order chi connectivity index (χ0) is 35.2. The van der Waals surface area contributed by atoms with E-state index in [0.29, 0.717) is 18.5 Å². The molecule has 15 heteroatoms. The van der Waals surface area contributed by atoms with Gasteiger partial charge in [0.25, 0.3) is 5.91 Å². The van der Waals surface area contributed by atoms with E-state index in [9.17, 15) is 27.6 Å². The lowest BCUT2D eigenvalue weighted by Gasteiger charge is -2.36. The lowest BCUT2D eigenvalue weighted by atomic mass is 9.85. The molecule has 1 aliphatic heterocycles. The van der Waals surface area contributed by atoms with Gasteiger partial charge in [-0.25, -0.2) is 13.2 Å². The van der Waals surface area contributed by atoms with Crippen LogP contribution in [0.3, 0.4) is 0 Å². The number of nitrogens with one attached hydrogen (secondary N) is 3. The number of carbonyl (C=O) groups excluding carboxylic acids is 4. The molecule has 3 aliphatic rings. The number of aromatic nitrogens is 3. The Balaban J connectivity index is 1.44. The molecule has 2 saturated carbocycles. The van der Waals surface area contributed by atoms with Crippen molar-refractivity contribution in [2.24, 2.45) is 11.3 Å². The van der Waals surface area contributed by atoms with E-state index in [-0.39, 0.29) is 19.4 Å². The van der Waals surface area contributed by atoms with E-state index >= 15 is 0 Å². The van der Waals surface area contributed by atoms with Crippen LogP contribution in [0.15, 0.2) is 49.2 Å². The van der Waals surface area contributed by atoms with E-state index in [1.165, 1.54) is 15.8 Å². The molecule has 0 bridgehead atoms. The normalized spacial score (nSPS) is 24.7. The average Bonchev–Trinajstić information content (AvgIpc) is 3.87. The SMILES string of the molecule is C=CC1CC1(NC(=O)[C@@H]1C[C@@H](n2ncc(-c3ccccc3)n2)CN1C(=O)[C@@H](NC(=O)OC(C)(C)C)C(C)(C)C)C(=O)NS(=O)(=O)C1CC1. The zero-order valence-corrected chi connectivity index (χ0v) is 29.0. The van der Waals surface area contributed by atoms with E-state index in [4.69, 9.17) is 4.74 Å². The van der Waals surface area contributed by atoms with Crippen LogP contribution < -0.4 is 15.4 Å². The highest BCUT2D eigenvalue weighted by molar-refractivity contribution is 7.91. The molecule has 3 fully saturated rings. The van der Waals surface area contributed by atoms with Crippen molar-refractivity contribution in [1.29, 1.82) is 0 Å². The van der Waals surface area contributed by atoms with Gasteiger partial charge < -0.3 is 20.3 Å². The minimum absolute atomic E-state index is 0.0303. The number of ether oxygens (including phenoxy) is 1. The number of rotatable bonds is 10. The van der Waals surface area contributed by atoms with Crippen LogP contribution in [0.4, 0.5) is 4.79 Å². The van der Waals surface area contributed by atoms with Gasteiger partial charge in [0.05, 0.1) is 17.5 Å². The van der Waals surface area contributed by atoms with Crippen LogP contribution >= 0.6 is 0 Å².